The molecular formula is C15H15FN2O2. The summed E-state index contributed by atoms with van der Waals surface area (Å²) in [4.78, 5) is 15.6. The molecule has 5 heteroatoms. The molecule has 0 bridgehead atoms. The van der Waals surface area contributed by atoms with Crippen LogP contribution in [0, 0.1) is 17.7 Å². The number of benzene rings is 1. The van der Waals surface area contributed by atoms with Crippen molar-refractivity contribution in [3.63, 3.8) is 0 Å². The second-order valence-electron chi connectivity index (χ2n) is 5.28. The zero-order valence-electron chi connectivity index (χ0n) is 11.1. The average molecular weight is 274 g/mol. The first-order valence-electron chi connectivity index (χ1n) is 6.59. The zero-order chi connectivity index (χ0) is 14.3. The van der Waals surface area contributed by atoms with Gasteiger partial charge in [-0.3, -0.25) is 4.79 Å². The lowest BCUT2D eigenvalue weighted by Gasteiger charge is -2.02. The van der Waals surface area contributed by atoms with Crippen LogP contribution in [-0.2, 0) is 11.2 Å². The van der Waals surface area contributed by atoms with E-state index in [0.717, 1.165) is 12.5 Å². The summed E-state index contributed by atoms with van der Waals surface area (Å²) in [5.74, 6) is 0.951. The van der Waals surface area contributed by atoms with Crippen molar-refractivity contribution in [2.75, 3.05) is 5.32 Å². The van der Waals surface area contributed by atoms with Gasteiger partial charge in [-0.1, -0.05) is 13.5 Å². The van der Waals surface area contributed by atoms with E-state index in [2.05, 4.69) is 23.8 Å². The van der Waals surface area contributed by atoms with Gasteiger partial charge in [-0.2, -0.15) is 0 Å². The number of nitrogens with zero attached hydrogens (tertiary/aromatic N) is 1. The number of fused-ring (bicyclic) bond motifs is 1. The number of aromatic nitrogens is 1. The summed E-state index contributed by atoms with van der Waals surface area (Å²) in [6, 6.07) is 2.73. The van der Waals surface area contributed by atoms with Gasteiger partial charge in [-0.05, 0) is 30.4 Å². The normalized spacial score (nSPS) is 20.9. The van der Waals surface area contributed by atoms with E-state index in [4.69, 9.17) is 4.42 Å². The van der Waals surface area contributed by atoms with Crippen molar-refractivity contribution in [2.24, 2.45) is 11.8 Å². The van der Waals surface area contributed by atoms with Crippen LogP contribution in [0.15, 0.2) is 29.2 Å². The number of rotatable bonds is 4. The second-order valence-corrected chi connectivity index (χ2v) is 5.28. The molecule has 20 heavy (non-hydrogen) atoms. The number of hydrogen-bond donors (Lipinski definition) is 1. The highest BCUT2D eigenvalue weighted by Gasteiger charge is 2.33. The first-order chi connectivity index (χ1) is 9.56. The molecule has 4 nitrogen and oxygen atoms in total. The van der Waals surface area contributed by atoms with Crippen LogP contribution in [0.4, 0.5) is 10.1 Å². The third-order valence-corrected chi connectivity index (χ3v) is 3.68. The number of anilines is 1. The van der Waals surface area contributed by atoms with Gasteiger partial charge in [0.25, 0.3) is 0 Å². The van der Waals surface area contributed by atoms with Crippen LogP contribution in [0.3, 0.4) is 0 Å². The lowest BCUT2D eigenvalue weighted by molar-refractivity contribution is -0.111. The summed E-state index contributed by atoms with van der Waals surface area (Å²) in [5, 5.41) is 2.41. The Morgan fingerprint density at radius 2 is 2.40 bits per heavy atom. The molecule has 1 saturated carbocycles. The summed E-state index contributed by atoms with van der Waals surface area (Å²) in [7, 11) is 0. The van der Waals surface area contributed by atoms with Crippen LogP contribution in [0.25, 0.3) is 11.1 Å². The van der Waals surface area contributed by atoms with Crippen LogP contribution in [0.5, 0.6) is 0 Å². The molecule has 1 amide bonds. The minimum atomic E-state index is -0.546. The Balaban J connectivity index is 1.89. The largest absolute Gasteiger partial charge is 0.441 e. The maximum absolute atomic E-state index is 13.8. The van der Waals surface area contributed by atoms with Crippen molar-refractivity contribution in [1.82, 2.24) is 4.98 Å². The molecule has 1 N–H and O–H groups in total. The highest BCUT2D eigenvalue weighted by atomic mass is 19.1. The van der Waals surface area contributed by atoms with E-state index in [9.17, 15) is 9.18 Å². The fraction of sp³-hybridized carbons (Fsp3) is 0.333. The molecule has 1 aromatic carbocycles. The van der Waals surface area contributed by atoms with Gasteiger partial charge in [0.15, 0.2) is 17.3 Å². The Labute approximate surface area is 115 Å². The molecule has 1 fully saturated rings. The van der Waals surface area contributed by atoms with Crippen molar-refractivity contribution in [1.29, 1.82) is 0 Å². The number of oxazole rings is 1. The Morgan fingerprint density at radius 3 is 3.05 bits per heavy atom. The van der Waals surface area contributed by atoms with Crippen LogP contribution in [0.2, 0.25) is 0 Å². The lowest BCUT2D eigenvalue weighted by Crippen LogP contribution is -2.08. The number of carbonyl (C=O) groups is 1. The predicted molar refractivity (Wildman–Crippen MR) is 73.8 cm³/mol. The van der Waals surface area contributed by atoms with E-state index in [-0.39, 0.29) is 5.69 Å². The van der Waals surface area contributed by atoms with Crippen molar-refractivity contribution in [2.45, 2.75) is 19.8 Å². The number of carbonyl (C=O) groups excluding carboxylic acids is 1. The van der Waals surface area contributed by atoms with Crippen molar-refractivity contribution in [3.05, 3.63) is 36.5 Å². The summed E-state index contributed by atoms with van der Waals surface area (Å²) >= 11 is 0. The molecule has 1 heterocycles. The molecule has 3 rings (SSSR count). The highest BCUT2D eigenvalue weighted by molar-refractivity contribution is 6.00. The Bertz CT molecular complexity index is 692. The smallest absolute Gasteiger partial charge is 0.247 e. The summed E-state index contributed by atoms with van der Waals surface area (Å²) in [6.45, 7) is 5.52. The van der Waals surface area contributed by atoms with Gasteiger partial charge in [0.2, 0.25) is 5.91 Å². The third-order valence-electron chi connectivity index (χ3n) is 3.68. The van der Waals surface area contributed by atoms with Crippen LogP contribution >= 0.6 is 0 Å². The molecule has 1 aromatic heterocycles. The number of nitrogens with one attached hydrogen (secondary N) is 1. The lowest BCUT2D eigenvalue weighted by atomic mass is 10.2. The average Bonchev–Trinajstić information content (AvgIpc) is 2.95. The number of hydrogen-bond acceptors (Lipinski definition) is 3. The molecule has 0 saturated heterocycles. The van der Waals surface area contributed by atoms with Gasteiger partial charge in [0.05, 0.1) is 5.69 Å². The Kier molecular flexibility index (Phi) is 3.04. The minimum absolute atomic E-state index is 0.0852. The van der Waals surface area contributed by atoms with E-state index < -0.39 is 11.7 Å². The summed E-state index contributed by atoms with van der Waals surface area (Å²) in [6.07, 6.45) is 3.06. The van der Waals surface area contributed by atoms with Gasteiger partial charge >= 0.3 is 0 Å². The SMILES string of the molecule is C=CC(=O)Nc1cc2nc(CC3CC3C)oc2cc1F. The minimum Gasteiger partial charge on any atom is -0.441 e. The molecule has 0 radical (unpaired) electrons. The number of amides is 1. The maximum Gasteiger partial charge on any atom is 0.247 e. The van der Waals surface area contributed by atoms with Crippen molar-refractivity contribution >= 4 is 22.7 Å². The van der Waals surface area contributed by atoms with Gasteiger partial charge in [0, 0.05) is 12.5 Å². The van der Waals surface area contributed by atoms with Gasteiger partial charge in [-0.15, -0.1) is 0 Å². The first kappa shape index (κ1) is 12.8. The molecule has 104 valence electrons. The Hall–Kier alpha value is -2.17. The van der Waals surface area contributed by atoms with Gasteiger partial charge in [0.1, 0.15) is 5.52 Å². The monoisotopic (exact) mass is 274 g/mol. The van der Waals surface area contributed by atoms with Gasteiger partial charge in [-0.25, -0.2) is 9.37 Å². The summed E-state index contributed by atoms with van der Waals surface area (Å²) < 4.78 is 19.4. The Morgan fingerprint density at radius 1 is 1.65 bits per heavy atom. The summed E-state index contributed by atoms with van der Waals surface area (Å²) in [5.41, 5.74) is 1.04. The molecule has 1 aliphatic rings. The topological polar surface area (TPSA) is 55.1 Å². The fourth-order valence-corrected chi connectivity index (χ4v) is 2.27. The maximum atomic E-state index is 13.8. The molecule has 2 aromatic rings. The third kappa shape index (κ3) is 2.43. The quantitative estimate of drug-likeness (QED) is 0.870. The molecule has 0 aliphatic heterocycles. The second kappa shape index (κ2) is 4.74. The van der Waals surface area contributed by atoms with E-state index >= 15 is 0 Å². The van der Waals surface area contributed by atoms with Crippen LogP contribution < -0.4 is 5.32 Å². The van der Waals surface area contributed by atoms with Crippen molar-refractivity contribution in [3.8, 4) is 0 Å². The molecule has 2 unspecified atom stereocenters. The molecule has 2 atom stereocenters. The first-order valence-corrected chi connectivity index (χ1v) is 6.59. The number of halogens is 1. The fourth-order valence-electron chi connectivity index (χ4n) is 2.27. The van der Waals surface area contributed by atoms with E-state index in [1.807, 2.05) is 0 Å². The molecule has 0 spiro atoms. The van der Waals surface area contributed by atoms with E-state index in [0.29, 0.717) is 28.8 Å². The van der Waals surface area contributed by atoms with Gasteiger partial charge < -0.3 is 9.73 Å². The predicted octanol–water partition coefficient (Wildman–Crippen LogP) is 3.29. The van der Waals surface area contributed by atoms with Crippen molar-refractivity contribution < 1.29 is 13.6 Å². The van der Waals surface area contributed by atoms with Crippen LogP contribution in [0.1, 0.15) is 19.2 Å². The molecule has 1 aliphatic carbocycles. The molecular weight excluding hydrogens is 259 g/mol. The van der Waals surface area contributed by atoms with Crippen LogP contribution in [-0.4, -0.2) is 10.9 Å². The highest BCUT2D eigenvalue weighted by Crippen LogP contribution is 2.40. The standard InChI is InChI=1S/C15H15FN2O2/c1-3-14(19)17-11-7-12-13(6-10(11)16)20-15(18-12)5-9-4-8(9)2/h3,6-9H,1,4-5H2,2H3,(H,17,19). The zero-order valence-corrected chi connectivity index (χ0v) is 11.1. The van der Waals surface area contributed by atoms with E-state index in [1.54, 1.807) is 0 Å². The van der Waals surface area contributed by atoms with E-state index in [1.165, 1.54) is 18.6 Å².